The molecule has 0 radical (unpaired) electrons. The maximum absolute atomic E-state index is 2.47. The van der Waals surface area contributed by atoms with Crippen LogP contribution in [0.1, 0.15) is 76.2 Å². The van der Waals surface area contributed by atoms with Crippen molar-refractivity contribution in [2.45, 2.75) is 87.6 Å². The van der Waals surface area contributed by atoms with Gasteiger partial charge in [0.1, 0.15) is 0 Å². The third kappa shape index (κ3) is 2.65. The molecule has 150 valence electrons. The Hall–Kier alpha value is -0.350. The molecule has 0 heterocycles. The van der Waals surface area contributed by atoms with E-state index in [1.165, 1.54) is 11.8 Å². The van der Waals surface area contributed by atoms with E-state index in [2.05, 4.69) is 30.3 Å². The molecule has 0 nitrogen and oxygen atoms in total. The zero-order chi connectivity index (χ0) is 18.3. The van der Waals surface area contributed by atoms with Gasteiger partial charge in [0.25, 0.3) is 0 Å². The van der Waals surface area contributed by atoms with Gasteiger partial charge in [-0.25, -0.2) is 0 Å². The molecule has 0 amide bonds. The largest absolute Gasteiger partial charge is 0.0828 e. The van der Waals surface area contributed by atoms with Crippen LogP contribution in [0.5, 0.6) is 0 Å². The fraction of sp³-hybridized carbons (Fsp3) is 0.778. The van der Waals surface area contributed by atoms with Crippen LogP contribution in [0.4, 0.5) is 0 Å². The Bertz CT molecular complexity index is 673. The van der Waals surface area contributed by atoms with Crippen LogP contribution >= 0.6 is 7.92 Å². The van der Waals surface area contributed by atoms with Gasteiger partial charge < -0.3 is 0 Å². The Labute approximate surface area is 173 Å². The zero-order valence-electron chi connectivity index (χ0n) is 17.5. The van der Waals surface area contributed by atoms with Gasteiger partial charge in [-0.1, -0.05) is 30.3 Å². The second-order valence-corrected chi connectivity index (χ2v) is 15.5. The van der Waals surface area contributed by atoms with Crippen LogP contribution in [-0.2, 0) is 6.16 Å². The van der Waals surface area contributed by atoms with Crippen molar-refractivity contribution in [3.8, 4) is 0 Å². The second kappa shape index (κ2) is 6.33. The molecule has 8 bridgehead atoms. The lowest BCUT2D eigenvalue weighted by atomic mass is 9.55. The van der Waals surface area contributed by atoms with Gasteiger partial charge in [0, 0.05) is 7.92 Å². The Balaban J connectivity index is 1.28. The first-order chi connectivity index (χ1) is 13.7. The smallest absolute Gasteiger partial charge is 0.0622 e. The fourth-order valence-electron chi connectivity index (χ4n) is 10.5. The van der Waals surface area contributed by atoms with Crippen molar-refractivity contribution < 1.29 is 0 Å². The Morgan fingerprint density at radius 1 is 0.643 bits per heavy atom. The predicted octanol–water partition coefficient (Wildman–Crippen LogP) is 7.19. The first kappa shape index (κ1) is 17.3. The lowest BCUT2D eigenvalue weighted by Crippen LogP contribution is -2.54. The van der Waals surface area contributed by atoms with Gasteiger partial charge in [0.05, 0.1) is 17.0 Å². The summed E-state index contributed by atoms with van der Waals surface area (Å²) in [5.41, 5.74) is 2.87. The summed E-state index contributed by atoms with van der Waals surface area (Å²) in [5.74, 6) is 7.92. The predicted molar refractivity (Wildman–Crippen MR) is 120 cm³/mol. The van der Waals surface area contributed by atoms with Gasteiger partial charge in [0.2, 0.25) is 0 Å². The van der Waals surface area contributed by atoms with Crippen LogP contribution in [0.15, 0.2) is 30.3 Å². The molecule has 1 aromatic rings. The van der Waals surface area contributed by atoms with E-state index in [0.717, 1.165) is 46.6 Å². The highest BCUT2D eigenvalue weighted by molar-refractivity contribution is 7.59. The van der Waals surface area contributed by atoms with E-state index in [1.54, 1.807) is 76.2 Å². The van der Waals surface area contributed by atoms with Crippen molar-refractivity contribution in [3.63, 3.8) is 0 Å². The van der Waals surface area contributed by atoms with E-state index < -0.39 is 0 Å². The summed E-state index contributed by atoms with van der Waals surface area (Å²) >= 11 is 0. The number of hydrogen-bond acceptors (Lipinski definition) is 0. The lowest BCUT2D eigenvalue weighted by Gasteiger charge is -2.61. The Morgan fingerprint density at radius 3 is 1.68 bits per heavy atom. The van der Waals surface area contributed by atoms with Gasteiger partial charge in [-0.05, 0) is 118 Å². The summed E-state index contributed by atoms with van der Waals surface area (Å²) in [4.78, 5) is 0. The quantitative estimate of drug-likeness (QED) is 0.475. The molecule has 1 heteroatoms. The molecule has 1 atom stereocenters. The first-order valence-electron chi connectivity index (χ1n) is 12.6. The van der Waals surface area contributed by atoms with Crippen molar-refractivity contribution in [2.75, 3.05) is 0 Å². The van der Waals surface area contributed by atoms with Crippen molar-refractivity contribution in [1.82, 2.24) is 0 Å². The maximum Gasteiger partial charge on any atom is 0.0828 e. The minimum absolute atomic E-state index is 0.352. The van der Waals surface area contributed by atoms with Crippen LogP contribution in [-0.4, -0.2) is 10.8 Å². The Kier molecular flexibility index (Phi) is 3.92. The van der Waals surface area contributed by atoms with Gasteiger partial charge in [0.15, 0.2) is 0 Å². The van der Waals surface area contributed by atoms with Crippen molar-refractivity contribution in [3.05, 3.63) is 35.9 Å². The van der Waals surface area contributed by atoms with Crippen molar-refractivity contribution in [1.29, 1.82) is 0 Å². The van der Waals surface area contributed by atoms with E-state index in [4.69, 9.17) is 0 Å². The van der Waals surface area contributed by atoms with Crippen LogP contribution < -0.4 is 0 Å². The molecule has 0 spiro atoms. The van der Waals surface area contributed by atoms with E-state index in [-0.39, 0.29) is 7.92 Å². The van der Waals surface area contributed by atoms with Crippen LogP contribution in [0, 0.1) is 41.4 Å². The van der Waals surface area contributed by atoms with Crippen LogP contribution in [0.2, 0.25) is 0 Å². The fourth-order valence-corrected chi connectivity index (χ4v) is 15.8. The molecule has 0 N–H and O–H groups in total. The van der Waals surface area contributed by atoms with Crippen molar-refractivity contribution in [2.24, 2.45) is 41.4 Å². The zero-order valence-corrected chi connectivity index (χ0v) is 18.5. The van der Waals surface area contributed by atoms with E-state index in [1.807, 2.05) is 0 Å². The molecule has 1 aromatic carbocycles. The minimum atomic E-state index is -0.352. The number of benzene rings is 1. The molecule has 9 rings (SSSR count). The summed E-state index contributed by atoms with van der Waals surface area (Å²) in [6.07, 6.45) is 19.4. The number of rotatable bonds is 4. The molecule has 8 aliphatic carbocycles. The number of hydrogen-bond donors (Lipinski definition) is 0. The molecular formula is C27H38P+. The van der Waals surface area contributed by atoms with Crippen molar-refractivity contribution >= 4 is 7.92 Å². The molecular weight excluding hydrogens is 355 g/mol. The van der Waals surface area contributed by atoms with Gasteiger partial charge >= 0.3 is 0 Å². The highest BCUT2D eigenvalue weighted by atomic mass is 31.1. The molecule has 0 aliphatic heterocycles. The minimum Gasteiger partial charge on any atom is -0.0622 e. The molecule has 8 aliphatic rings. The highest BCUT2D eigenvalue weighted by Crippen LogP contribution is 2.75. The summed E-state index contributed by atoms with van der Waals surface area (Å²) in [7, 11) is -0.352. The molecule has 0 saturated heterocycles. The first-order valence-corrected chi connectivity index (χ1v) is 14.4. The van der Waals surface area contributed by atoms with Gasteiger partial charge in [-0.15, -0.1) is 0 Å². The molecule has 0 aromatic heterocycles. The second-order valence-electron chi connectivity index (χ2n) is 12.3. The third-order valence-electron chi connectivity index (χ3n) is 10.6. The van der Waals surface area contributed by atoms with E-state index in [0.29, 0.717) is 0 Å². The van der Waals surface area contributed by atoms with E-state index in [9.17, 15) is 0 Å². The molecule has 8 fully saturated rings. The van der Waals surface area contributed by atoms with Crippen LogP contribution in [0.3, 0.4) is 0 Å². The molecule has 8 saturated carbocycles. The average Bonchev–Trinajstić information content (AvgIpc) is 2.66. The van der Waals surface area contributed by atoms with Gasteiger partial charge in [-0.2, -0.15) is 0 Å². The maximum atomic E-state index is 2.47. The summed E-state index contributed by atoms with van der Waals surface area (Å²) < 4.78 is 0. The summed E-state index contributed by atoms with van der Waals surface area (Å²) in [6.45, 7) is 0. The van der Waals surface area contributed by atoms with Crippen LogP contribution in [0.25, 0.3) is 0 Å². The Morgan fingerprint density at radius 2 is 1.14 bits per heavy atom. The van der Waals surface area contributed by atoms with E-state index >= 15 is 0 Å². The van der Waals surface area contributed by atoms with Gasteiger partial charge in [-0.3, -0.25) is 0 Å². The normalized spacial score (nSPS) is 51.6. The summed E-state index contributed by atoms with van der Waals surface area (Å²) in [6, 6.07) is 11.8. The standard InChI is InChI=1S/C27H37P/c1-2-4-18(5-3-1)17-28(26-24-10-19-6-20(12-24)13-25(26)11-19)27-14-21-7-22(15-27)9-23(8-21)16-27/h1-5,19-26H,6-17H2/p+1. The highest BCUT2D eigenvalue weighted by Gasteiger charge is 2.63. The SMILES string of the molecule is c1ccc(C[PH+](C2C3CC4CC(C3)CC2C4)C23CC4CC(CC(C4)C2)C3)cc1. The monoisotopic (exact) mass is 393 g/mol. The molecule has 28 heavy (non-hydrogen) atoms. The average molecular weight is 394 g/mol. The lowest BCUT2D eigenvalue weighted by molar-refractivity contribution is 0.0147. The third-order valence-corrected chi connectivity index (χ3v) is 15.1. The summed E-state index contributed by atoms with van der Waals surface area (Å²) in [5, 5.41) is 0.829. The topological polar surface area (TPSA) is 0 Å². The molecule has 1 unspecified atom stereocenters.